The Balaban J connectivity index is 2.15. The third-order valence-corrected chi connectivity index (χ3v) is 3.92. The lowest BCUT2D eigenvalue weighted by Gasteiger charge is -2.13. The van der Waals surface area contributed by atoms with Crippen LogP contribution in [-0.4, -0.2) is 40.3 Å². The lowest BCUT2D eigenvalue weighted by atomic mass is 10.1. The molecule has 0 heterocycles. The van der Waals surface area contributed by atoms with Crippen molar-refractivity contribution >= 4 is 11.8 Å². The molecular weight excluding hydrogens is 352 g/mol. The summed E-state index contributed by atoms with van der Waals surface area (Å²) >= 11 is 0. The monoisotopic (exact) mass is 374 g/mol. The van der Waals surface area contributed by atoms with Crippen LogP contribution < -0.4 is 29.8 Å². The summed E-state index contributed by atoms with van der Waals surface area (Å²) < 4.78 is 20.8. The zero-order valence-corrected chi connectivity index (χ0v) is 15.8. The molecule has 8 nitrogen and oxygen atoms in total. The molecule has 2 aromatic rings. The first-order valence-corrected chi connectivity index (χ1v) is 7.99. The Morgan fingerprint density at radius 3 is 1.44 bits per heavy atom. The number of hydrogen-bond donors (Lipinski definition) is 2. The molecule has 2 amide bonds. The number of amides is 2. The lowest BCUT2D eigenvalue weighted by molar-refractivity contribution is 0.0846. The first-order valence-electron chi connectivity index (χ1n) is 7.99. The summed E-state index contributed by atoms with van der Waals surface area (Å²) in [7, 11) is 5.97. The average molecular weight is 374 g/mol. The van der Waals surface area contributed by atoms with Gasteiger partial charge in [0.25, 0.3) is 11.8 Å². The fraction of sp³-hybridized carbons (Fsp3) is 0.263. The van der Waals surface area contributed by atoms with Crippen LogP contribution in [-0.2, 0) is 0 Å². The second kappa shape index (κ2) is 8.79. The minimum atomic E-state index is -0.522. The van der Waals surface area contributed by atoms with Crippen LogP contribution >= 0.6 is 0 Å². The van der Waals surface area contributed by atoms with Crippen molar-refractivity contribution < 1.29 is 28.5 Å². The summed E-state index contributed by atoms with van der Waals surface area (Å²) in [5.74, 6) is 0.880. The van der Waals surface area contributed by atoms with Crippen LogP contribution in [0.2, 0.25) is 0 Å². The highest BCUT2D eigenvalue weighted by Crippen LogP contribution is 2.29. The van der Waals surface area contributed by atoms with Gasteiger partial charge < -0.3 is 18.9 Å². The van der Waals surface area contributed by atoms with Gasteiger partial charge in [-0.05, 0) is 31.2 Å². The molecule has 0 unspecified atom stereocenters. The first kappa shape index (κ1) is 19.9. The Bertz CT molecular complexity index is 803. The van der Waals surface area contributed by atoms with Crippen LogP contribution in [0.25, 0.3) is 0 Å². The van der Waals surface area contributed by atoms with Crippen molar-refractivity contribution in [1.82, 2.24) is 10.9 Å². The predicted octanol–water partition coefficient (Wildman–Crippen LogP) is 2.10. The fourth-order valence-electron chi connectivity index (χ4n) is 2.41. The molecule has 144 valence electrons. The third-order valence-electron chi connectivity index (χ3n) is 3.92. The van der Waals surface area contributed by atoms with Crippen LogP contribution in [0.4, 0.5) is 0 Å². The number of benzene rings is 2. The summed E-state index contributed by atoms with van der Waals surface area (Å²) in [5.41, 5.74) is 6.03. The standard InChI is InChI=1S/C19H22N2O6/c1-11-16(26-4)8-13(9-17(11)27-5)19(23)21-20-18(22)12-6-14(24-2)10-15(7-12)25-3/h6-10H,1-5H3,(H,20,22)(H,21,23). The molecule has 0 aliphatic carbocycles. The number of hydrogen-bond acceptors (Lipinski definition) is 6. The molecule has 0 saturated heterocycles. The van der Waals surface area contributed by atoms with E-state index < -0.39 is 11.8 Å². The van der Waals surface area contributed by atoms with Gasteiger partial charge in [-0.2, -0.15) is 0 Å². The Kier molecular flexibility index (Phi) is 6.48. The zero-order chi connectivity index (χ0) is 20.0. The molecule has 8 heteroatoms. The molecule has 0 aliphatic heterocycles. The first-order chi connectivity index (χ1) is 12.9. The number of carbonyl (C=O) groups excluding carboxylic acids is 2. The molecule has 0 spiro atoms. The molecule has 0 fully saturated rings. The second-order valence-corrected chi connectivity index (χ2v) is 5.52. The number of nitrogens with one attached hydrogen (secondary N) is 2. The van der Waals surface area contributed by atoms with Gasteiger partial charge in [-0.1, -0.05) is 0 Å². The second-order valence-electron chi connectivity index (χ2n) is 5.52. The van der Waals surface area contributed by atoms with E-state index in [2.05, 4.69) is 10.9 Å². The highest BCUT2D eigenvalue weighted by molar-refractivity contribution is 6.00. The molecule has 0 saturated carbocycles. The van der Waals surface area contributed by atoms with E-state index in [0.29, 0.717) is 23.0 Å². The van der Waals surface area contributed by atoms with Crippen LogP contribution in [0.5, 0.6) is 23.0 Å². The average Bonchev–Trinajstić information content (AvgIpc) is 2.71. The lowest BCUT2D eigenvalue weighted by Crippen LogP contribution is -2.41. The molecule has 0 radical (unpaired) electrons. The van der Waals surface area contributed by atoms with Crippen molar-refractivity contribution in [2.75, 3.05) is 28.4 Å². The maximum Gasteiger partial charge on any atom is 0.269 e. The minimum absolute atomic E-state index is 0.269. The molecule has 2 rings (SSSR count). The van der Waals surface area contributed by atoms with Crippen molar-refractivity contribution in [3.8, 4) is 23.0 Å². The highest BCUT2D eigenvalue weighted by Gasteiger charge is 2.15. The van der Waals surface area contributed by atoms with Gasteiger partial charge in [-0.3, -0.25) is 20.4 Å². The van der Waals surface area contributed by atoms with Crippen molar-refractivity contribution in [3.63, 3.8) is 0 Å². The molecule has 0 atom stereocenters. The third kappa shape index (κ3) is 4.60. The highest BCUT2D eigenvalue weighted by atomic mass is 16.5. The van der Waals surface area contributed by atoms with Gasteiger partial charge in [0.05, 0.1) is 28.4 Å². The molecule has 0 bridgehead atoms. The van der Waals surface area contributed by atoms with E-state index in [1.807, 2.05) is 6.92 Å². The Morgan fingerprint density at radius 1 is 0.667 bits per heavy atom. The Labute approximate surface area is 157 Å². The summed E-state index contributed by atoms with van der Waals surface area (Å²) in [5, 5.41) is 0. The molecular formula is C19H22N2O6. The quantitative estimate of drug-likeness (QED) is 0.752. The largest absolute Gasteiger partial charge is 0.497 e. The summed E-state index contributed by atoms with van der Waals surface area (Å²) in [6, 6.07) is 7.83. The molecule has 2 N–H and O–H groups in total. The van der Waals surface area contributed by atoms with E-state index in [4.69, 9.17) is 18.9 Å². The fourth-order valence-corrected chi connectivity index (χ4v) is 2.41. The summed E-state index contributed by atoms with van der Waals surface area (Å²) in [6.45, 7) is 1.82. The minimum Gasteiger partial charge on any atom is -0.497 e. The molecule has 0 aliphatic rings. The topological polar surface area (TPSA) is 95.1 Å². The maximum atomic E-state index is 12.4. The van der Waals surface area contributed by atoms with Gasteiger partial charge in [0.2, 0.25) is 0 Å². The predicted molar refractivity (Wildman–Crippen MR) is 98.8 cm³/mol. The SMILES string of the molecule is COc1cc(OC)cc(C(=O)NNC(=O)c2cc(OC)c(C)c(OC)c2)c1. The number of hydrazine groups is 1. The molecule has 2 aromatic carbocycles. The van der Waals surface area contributed by atoms with Crippen LogP contribution in [0.3, 0.4) is 0 Å². The zero-order valence-electron chi connectivity index (χ0n) is 15.8. The van der Waals surface area contributed by atoms with Crippen LogP contribution in [0.1, 0.15) is 26.3 Å². The maximum absolute atomic E-state index is 12.4. The van der Waals surface area contributed by atoms with E-state index in [-0.39, 0.29) is 11.1 Å². The van der Waals surface area contributed by atoms with Crippen molar-refractivity contribution in [2.24, 2.45) is 0 Å². The van der Waals surface area contributed by atoms with Crippen molar-refractivity contribution in [3.05, 3.63) is 47.0 Å². The summed E-state index contributed by atoms with van der Waals surface area (Å²) in [4.78, 5) is 24.7. The van der Waals surface area contributed by atoms with Crippen LogP contribution in [0, 0.1) is 6.92 Å². The number of carbonyl (C=O) groups is 2. The van der Waals surface area contributed by atoms with E-state index >= 15 is 0 Å². The molecule has 27 heavy (non-hydrogen) atoms. The number of methoxy groups -OCH3 is 4. The molecule has 0 aromatic heterocycles. The van der Waals surface area contributed by atoms with Crippen molar-refractivity contribution in [1.29, 1.82) is 0 Å². The van der Waals surface area contributed by atoms with Crippen LogP contribution in [0.15, 0.2) is 30.3 Å². The Morgan fingerprint density at radius 2 is 1.07 bits per heavy atom. The van der Waals surface area contributed by atoms with E-state index in [9.17, 15) is 9.59 Å². The number of rotatable bonds is 6. The van der Waals surface area contributed by atoms with E-state index in [1.165, 1.54) is 40.6 Å². The van der Waals surface area contributed by atoms with Gasteiger partial charge in [0.15, 0.2) is 0 Å². The van der Waals surface area contributed by atoms with Gasteiger partial charge in [-0.15, -0.1) is 0 Å². The normalized spacial score (nSPS) is 9.96. The smallest absolute Gasteiger partial charge is 0.269 e. The van der Waals surface area contributed by atoms with Gasteiger partial charge in [-0.25, -0.2) is 0 Å². The Hall–Kier alpha value is -3.42. The van der Waals surface area contributed by atoms with Gasteiger partial charge in [0.1, 0.15) is 23.0 Å². The number of ether oxygens (including phenoxy) is 4. The summed E-state index contributed by atoms with van der Waals surface area (Å²) in [6.07, 6.45) is 0. The van der Waals surface area contributed by atoms with E-state index in [0.717, 1.165) is 5.56 Å². The van der Waals surface area contributed by atoms with Gasteiger partial charge in [0, 0.05) is 22.8 Å². The van der Waals surface area contributed by atoms with Gasteiger partial charge >= 0.3 is 0 Å². The van der Waals surface area contributed by atoms with Crippen molar-refractivity contribution in [2.45, 2.75) is 6.92 Å². The van der Waals surface area contributed by atoms with E-state index in [1.54, 1.807) is 18.2 Å².